The Labute approximate surface area is 149 Å². The number of amides is 1. The highest BCUT2D eigenvalue weighted by molar-refractivity contribution is 5.96. The normalized spacial score (nSPS) is 17.6. The summed E-state index contributed by atoms with van der Waals surface area (Å²) in [7, 11) is 0. The molecule has 2 aromatic heterocycles. The zero-order chi connectivity index (χ0) is 18.4. The van der Waals surface area contributed by atoms with Gasteiger partial charge in [0.15, 0.2) is 5.76 Å². The summed E-state index contributed by atoms with van der Waals surface area (Å²) in [4.78, 5) is 17.5. The van der Waals surface area contributed by atoms with E-state index in [0.717, 1.165) is 30.9 Å². The first-order chi connectivity index (χ1) is 11.7. The predicted molar refractivity (Wildman–Crippen MR) is 95.8 cm³/mol. The quantitative estimate of drug-likeness (QED) is 0.927. The number of aromatic nitrogens is 3. The second-order valence-electron chi connectivity index (χ2n) is 8.32. The number of hydrogen-bond acceptors (Lipinski definition) is 4. The van der Waals surface area contributed by atoms with E-state index < -0.39 is 0 Å². The van der Waals surface area contributed by atoms with Crippen molar-refractivity contribution < 1.29 is 9.32 Å². The van der Waals surface area contributed by atoms with Gasteiger partial charge in [-0.15, -0.1) is 0 Å². The van der Waals surface area contributed by atoms with E-state index in [9.17, 15) is 4.79 Å². The van der Waals surface area contributed by atoms with Crippen LogP contribution in [0.2, 0.25) is 0 Å². The van der Waals surface area contributed by atoms with E-state index in [4.69, 9.17) is 9.51 Å². The molecule has 0 saturated carbocycles. The van der Waals surface area contributed by atoms with Crippen LogP contribution in [0.25, 0.3) is 0 Å². The van der Waals surface area contributed by atoms with Crippen molar-refractivity contribution in [1.29, 1.82) is 0 Å². The number of imidazole rings is 1. The van der Waals surface area contributed by atoms with E-state index in [1.165, 1.54) is 0 Å². The molecule has 6 nitrogen and oxygen atoms in total. The maximum absolute atomic E-state index is 12.8. The topological polar surface area (TPSA) is 73.0 Å². The zero-order valence-electron chi connectivity index (χ0n) is 16.0. The molecule has 1 atom stereocenters. The van der Waals surface area contributed by atoms with Gasteiger partial charge in [0, 0.05) is 36.5 Å². The number of nitrogens with zero attached hydrogens (tertiary/aromatic N) is 3. The van der Waals surface area contributed by atoms with Crippen molar-refractivity contribution in [3.05, 3.63) is 34.7 Å². The fourth-order valence-corrected chi connectivity index (χ4v) is 3.24. The third-order valence-corrected chi connectivity index (χ3v) is 4.74. The Hall–Kier alpha value is -2.11. The molecule has 0 saturated heterocycles. The van der Waals surface area contributed by atoms with Crippen LogP contribution >= 0.6 is 0 Å². The van der Waals surface area contributed by atoms with Crippen molar-refractivity contribution in [2.24, 2.45) is 0 Å². The molecule has 0 aromatic carbocycles. The Morgan fingerprint density at radius 2 is 2.12 bits per heavy atom. The molecule has 1 N–H and O–H groups in total. The first-order valence-electron chi connectivity index (χ1n) is 9.00. The van der Waals surface area contributed by atoms with Gasteiger partial charge in [-0.1, -0.05) is 39.8 Å². The average Bonchev–Trinajstić information content (AvgIpc) is 3.09. The molecule has 0 bridgehead atoms. The fraction of sp³-hybridized carbons (Fsp3) is 0.632. The second kappa shape index (κ2) is 6.32. The molecule has 6 heteroatoms. The SMILES string of the molecule is Cc1noc(C(C)C)c1C(=O)NC1CCc2nc(C(C)(C)C)cn2C1. The minimum Gasteiger partial charge on any atom is -0.360 e. The minimum atomic E-state index is -0.0907. The van der Waals surface area contributed by atoms with Gasteiger partial charge < -0.3 is 14.4 Å². The molecule has 2 aromatic rings. The summed E-state index contributed by atoms with van der Waals surface area (Å²) in [6.45, 7) is 13.1. The molecular formula is C19H28N4O2. The van der Waals surface area contributed by atoms with E-state index in [1.54, 1.807) is 0 Å². The van der Waals surface area contributed by atoms with Gasteiger partial charge in [-0.25, -0.2) is 4.98 Å². The van der Waals surface area contributed by atoms with Crippen LogP contribution in [-0.4, -0.2) is 26.7 Å². The van der Waals surface area contributed by atoms with E-state index in [2.05, 4.69) is 42.0 Å². The van der Waals surface area contributed by atoms with Gasteiger partial charge in [-0.3, -0.25) is 4.79 Å². The minimum absolute atomic E-state index is 0.0365. The highest BCUT2D eigenvalue weighted by atomic mass is 16.5. The maximum atomic E-state index is 12.8. The molecule has 1 amide bonds. The van der Waals surface area contributed by atoms with Crippen LogP contribution in [-0.2, 0) is 18.4 Å². The standard InChI is InChI=1S/C19H28N4O2/c1-11(2)17-16(12(3)22-25-17)18(24)20-13-7-8-15-21-14(19(4,5)6)10-23(15)9-13/h10-11,13H,7-9H2,1-6H3,(H,20,24). The third kappa shape index (κ3) is 3.48. The van der Waals surface area contributed by atoms with Gasteiger partial charge in [0.2, 0.25) is 0 Å². The summed E-state index contributed by atoms with van der Waals surface area (Å²) in [5, 5.41) is 7.13. The maximum Gasteiger partial charge on any atom is 0.257 e. The summed E-state index contributed by atoms with van der Waals surface area (Å²) in [5.74, 6) is 1.80. The fourth-order valence-electron chi connectivity index (χ4n) is 3.24. The molecule has 25 heavy (non-hydrogen) atoms. The number of fused-ring (bicyclic) bond motifs is 1. The lowest BCUT2D eigenvalue weighted by Gasteiger charge is -2.24. The van der Waals surface area contributed by atoms with Crippen molar-refractivity contribution in [1.82, 2.24) is 20.0 Å². The van der Waals surface area contributed by atoms with Crippen molar-refractivity contribution >= 4 is 5.91 Å². The van der Waals surface area contributed by atoms with Crippen molar-refractivity contribution in [3.63, 3.8) is 0 Å². The molecule has 1 aliphatic heterocycles. The molecule has 0 fully saturated rings. The summed E-state index contributed by atoms with van der Waals surface area (Å²) in [6.07, 6.45) is 3.90. The van der Waals surface area contributed by atoms with Gasteiger partial charge in [0.25, 0.3) is 5.91 Å². The van der Waals surface area contributed by atoms with Crippen molar-refractivity contribution in [2.75, 3.05) is 0 Å². The van der Waals surface area contributed by atoms with Crippen LogP contribution in [0.1, 0.15) is 80.3 Å². The van der Waals surface area contributed by atoms with Crippen LogP contribution in [0.3, 0.4) is 0 Å². The predicted octanol–water partition coefficient (Wildman–Crippen LogP) is 3.35. The highest BCUT2D eigenvalue weighted by Gasteiger charge is 2.28. The molecule has 0 radical (unpaired) electrons. The average molecular weight is 344 g/mol. The van der Waals surface area contributed by atoms with Crippen LogP contribution in [0.5, 0.6) is 0 Å². The van der Waals surface area contributed by atoms with Crippen LogP contribution in [0.4, 0.5) is 0 Å². The Balaban J connectivity index is 1.74. The summed E-state index contributed by atoms with van der Waals surface area (Å²) in [6, 6.07) is 0.0938. The molecule has 136 valence electrons. The molecule has 3 heterocycles. The highest BCUT2D eigenvalue weighted by Crippen LogP contribution is 2.25. The number of nitrogens with one attached hydrogen (secondary N) is 1. The van der Waals surface area contributed by atoms with E-state index in [0.29, 0.717) is 17.0 Å². The summed E-state index contributed by atoms with van der Waals surface area (Å²) in [5.41, 5.74) is 2.37. The van der Waals surface area contributed by atoms with Gasteiger partial charge in [0.05, 0.1) is 11.4 Å². The third-order valence-electron chi connectivity index (χ3n) is 4.74. The van der Waals surface area contributed by atoms with Crippen LogP contribution in [0, 0.1) is 6.92 Å². The second-order valence-corrected chi connectivity index (χ2v) is 8.32. The molecule has 3 rings (SSSR count). The van der Waals surface area contributed by atoms with E-state index in [-0.39, 0.29) is 23.3 Å². The number of rotatable bonds is 3. The lowest BCUT2D eigenvalue weighted by molar-refractivity contribution is 0.0924. The molecule has 0 spiro atoms. The number of aryl methyl sites for hydroxylation is 2. The zero-order valence-corrected chi connectivity index (χ0v) is 16.0. The Bertz CT molecular complexity index is 780. The Morgan fingerprint density at radius 1 is 1.40 bits per heavy atom. The monoisotopic (exact) mass is 344 g/mol. The van der Waals surface area contributed by atoms with Crippen molar-refractivity contribution in [2.45, 2.75) is 78.3 Å². The molecular weight excluding hydrogens is 316 g/mol. The lowest BCUT2D eigenvalue weighted by atomic mass is 9.93. The van der Waals surface area contributed by atoms with E-state index in [1.807, 2.05) is 20.8 Å². The lowest BCUT2D eigenvalue weighted by Crippen LogP contribution is -2.41. The first-order valence-corrected chi connectivity index (χ1v) is 9.00. The van der Waals surface area contributed by atoms with Gasteiger partial charge in [-0.2, -0.15) is 0 Å². The van der Waals surface area contributed by atoms with Crippen LogP contribution in [0.15, 0.2) is 10.7 Å². The van der Waals surface area contributed by atoms with Gasteiger partial charge in [-0.05, 0) is 13.3 Å². The smallest absolute Gasteiger partial charge is 0.257 e. The Morgan fingerprint density at radius 3 is 2.76 bits per heavy atom. The van der Waals surface area contributed by atoms with Gasteiger partial charge >= 0.3 is 0 Å². The molecule has 1 aliphatic rings. The number of carbonyl (C=O) groups is 1. The molecule has 1 unspecified atom stereocenters. The number of hydrogen-bond donors (Lipinski definition) is 1. The largest absolute Gasteiger partial charge is 0.360 e. The van der Waals surface area contributed by atoms with E-state index >= 15 is 0 Å². The van der Waals surface area contributed by atoms with Crippen LogP contribution < -0.4 is 5.32 Å². The summed E-state index contributed by atoms with van der Waals surface area (Å²) < 4.78 is 7.52. The Kier molecular flexibility index (Phi) is 4.47. The summed E-state index contributed by atoms with van der Waals surface area (Å²) >= 11 is 0. The first kappa shape index (κ1) is 17.7. The van der Waals surface area contributed by atoms with Gasteiger partial charge in [0.1, 0.15) is 11.4 Å². The number of carbonyl (C=O) groups excluding carboxylic acids is 1. The van der Waals surface area contributed by atoms with Crippen molar-refractivity contribution in [3.8, 4) is 0 Å². The molecule has 0 aliphatic carbocycles.